The second-order valence-corrected chi connectivity index (χ2v) is 2.64. The first-order chi connectivity index (χ1) is 5.61. The summed E-state index contributed by atoms with van der Waals surface area (Å²) in [7, 11) is 5.52. The molecule has 0 aliphatic rings. The van der Waals surface area contributed by atoms with Crippen LogP contribution in [-0.4, -0.2) is 13.6 Å². The van der Waals surface area contributed by atoms with E-state index in [1.54, 1.807) is 0 Å². The molecule has 0 bridgehead atoms. The van der Waals surface area contributed by atoms with Gasteiger partial charge in [-0.1, -0.05) is 12.1 Å². The molecule has 1 nitrogen and oxygen atoms in total. The molecule has 0 N–H and O–H groups in total. The standard InChI is InChI=1S/C9H8BFO/c1-6(12)9(10)7-2-4-8(11)5-3-7/h2-5,9H,1H3. The van der Waals surface area contributed by atoms with E-state index >= 15 is 0 Å². The molecule has 0 aliphatic carbocycles. The van der Waals surface area contributed by atoms with Gasteiger partial charge >= 0.3 is 0 Å². The molecule has 1 aromatic carbocycles. The van der Waals surface area contributed by atoms with Gasteiger partial charge in [-0.25, -0.2) is 4.39 Å². The predicted octanol–water partition coefficient (Wildman–Crippen LogP) is 1.62. The molecule has 60 valence electrons. The molecule has 0 spiro atoms. The molecule has 2 radical (unpaired) electrons. The van der Waals surface area contributed by atoms with Crippen LogP contribution in [0.25, 0.3) is 0 Å². The number of ketones is 1. The van der Waals surface area contributed by atoms with E-state index in [9.17, 15) is 9.18 Å². The fourth-order valence-electron chi connectivity index (χ4n) is 0.905. The highest BCUT2D eigenvalue weighted by Crippen LogP contribution is 2.13. The summed E-state index contributed by atoms with van der Waals surface area (Å²) in [4.78, 5) is 10.8. The Labute approximate surface area is 72.0 Å². The van der Waals surface area contributed by atoms with Crippen molar-refractivity contribution < 1.29 is 9.18 Å². The molecule has 0 aliphatic heterocycles. The van der Waals surface area contributed by atoms with Crippen LogP contribution in [0.5, 0.6) is 0 Å². The first-order valence-corrected chi connectivity index (χ1v) is 3.63. The highest BCUT2D eigenvalue weighted by Gasteiger charge is 2.08. The van der Waals surface area contributed by atoms with E-state index in [-0.39, 0.29) is 11.6 Å². The SMILES string of the molecule is [B]C(C(C)=O)c1ccc(F)cc1. The Bertz CT molecular complexity index is 281. The second-order valence-electron chi connectivity index (χ2n) is 2.64. The smallest absolute Gasteiger partial charge is 0.128 e. The Morgan fingerprint density at radius 1 is 1.42 bits per heavy atom. The van der Waals surface area contributed by atoms with Gasteiger partial charge < -0.3 is 4.79 Å². The Kier molecular flexibility index (Phi) is 2.63. The molecule has 0 fully saturated rings. The first kappa shape index (κ1) is 8.98. The van der Waals surface area contributed by atoms with E-state index < -0.39 is 5.82 Å². The number of hydrogen-bond donors (Lipinski definition) is 0. The lowest BCUT2D eigenvalue weighted by Crippen LogP contribution is -2.07. The molecule has 0 heterocycles. The number of carbonyl (C=O) groups is 1. The number of rotatable bonds is 2. The molecular formula is C9H8BFO. The Morgan fingerprint density at radius 2 is 1.92 bits per heavy atom. The average Bonchev–Trinajstić information content (AvgIpc) is 2.04. The molecule has 0 saturated heterocycles. The lowest BCUT2D eigenvalue weighted by molar-refractivity contribution is -0.116. The van der Waals surface area contributed by atoms with Crippen molar-refractivity contribution in [2.75, 3.05) is 0 Å². The highest BCUT2D eigenvalue weighted by atomic mass is 19.1. The number of Topliss-reactive ketones (excluding diaryl/α,β-unsaturated/α-hetero) is 1. The van der Waals surface area contributed by atoms with Crippen molar-refractivity contribution in [1.29, 1.82) is 0 Å². The van der Waals surface area contributed by atoms with Crippen molar-refractivity contribution in [3.63, 3.8) is 0 Å². The normalized spacial score (nSPS) is 12.5. The van der Waals surface area contributed by atoms with Crippen LogP contribution in [0, 0.1) is 5.82 Å². The van der Waals surface area contributed by atoms with Gasteiger partial charge in [-0.3, -0.25) is 0 Å². The Morgan fingerprint density at radius 3 is 2.33 bits per heavy atom. The third-order valence-corrected chi connectivity index (χ3v) is 1.67. The molecule has 1 aromatic rings. The van der Waals surface area contributed by atoms with Gasteiger partial charge in [-0.05, 0) is 24.6 Å². The molecule has 1 rings (SSSR count). The summed E-state index contributed by atoms with van der Waals surface area (Å²) in [6, 6.07) is 5.61. The Hall–Kier alpha value is -1.12. The summed E-state index contributed by atoms with van der Waals surface area (Å²) in [6.45, 7) is 1.41. The van der Waals surface area contributed by atoms with E-state index in [1.165, 1.54) is 31.2 Å². The summed E-state index contributed by atoms with van der Waals surface area (Å²) < 4.78 is 12.4. The van der Waals surface area contributed by atoms with Crippen molar-refractivity contribution in [3.8, 4) is 0 Å². The quantitative estimate of drug-likeness (QED) is 0.603. The van der Waals surface area contributed by atoms with Crippen LogP contribution in [0.3, 0.4) is 0 Å². The third kappa shape index (κ3) is 1.94. The molecule has 3 heteroatoms. The van der Waals surface area contributed by atoms with Crippen LogP contribution in [0.1, 0.15) is 18.3 Å². The summed E-state index contributed by atoms with van der Waals surface area (Å²) >= 11 is 0. The zero-order valence-electron chi connectivity index (χ0n) is 6.75. The maximum atomic E-state index is 12.4. The molecule has 12 heavy (non-hydrogen) atoms. The van der Waals surface area contributed by atoms with Crippen LogP contribution >= 0.6 is 0 Å². The Balaban J connectivity index is 2.89. The van der Waals surface area contributed by atoms with Crippen LogP contribution in [0.2, 0.25) is 0 Å². The number of hydrogen-bond acceptors (Lipinski definition) is 1. The zero-order chi connectivity index (χ0) is 9.14. The van der Waals surface area contributed by atoms with E-state index in [1.807, 2.05) is 0 Å². The molecular weight excluding hydrogens is 154 g/mol. The second kappa shape index (κ2) is 3.52. The predicted molar refractivity (Wildman–Crippen MR) is 45.6 cm³/mol. The van der Waals surface area contributed by atoms with Gasteiger partial charge in [0.2, 0.25) is 0 Å². The van der Waals surface area contributed by atoms with E-state index in [4.69, 9.17) is 7.85 Å². The number of benzene rings is 1. The van der Waals surface area contributed by atoms with Crippen LogP contribution in [0.4, 0.5) is 4.39 Å². The maximum absolute atomic E-state index is 12.4. The van der Waals surface area contributed by atoms with Crippen molar-refractivity contribution in [2.24, 2.45) is 0 Å². The fourth-order valence-corrected chi connectivity index (χ4v) is 0.905. The zero-order valence-corrected chi connectivity index (χ0v) is 6.75. The van der Waals surface area contributed by atoms with Gasteiger partial charge in [-0.2, -0.15) is 0 Å². The first-order valence-electron chi connectivity index (χ1n) is 3.63. The van der Waals surface area contributed by atoms with Crippen LogP contribution < -0.4 is 0 Å². The van der Waals surface area contributed by atoms with Gasteiger partial charge in [0.15, 0.2) is 0 Å². The molecule has 0 aromatic heterocycles. The molecule has 0 saturated carbocycles. The molecule has 1 atom stereocenters. The van der Waals surface area contributed by atoms with E-state index in [0.29, 0.717) is 5.56 Å². The van der Waals surface area contributed by atoms with Crippen LogP contribution in [-0.2, 0) is 4.79 Å². The average molecular weight is 162 g/mol. The van der Waals surface area contributed by atoms with Crippen molar-refractivity contribution in [1.82, 2.24) is 0 Å². The van der Waals surface area contributed by atoms with Gasteiger partial charge in [0.05, 0.1) is 7.85 Å². The van der Waals surface area contributed by atoms with Gasteiger partial charge in [0.1, 0.15) is 11.6 Å². The summed E-state index contributed by atoms with van der Waals surface area (Å²) in [6.07, 6.45) is 0. The molecule has 1 unspecified atom stereocenters. The third-order valence-electron chi connectivity index (χ3n) is 1.67. The minimum Gasteiger partial charge on any atom is -0.300 e. The van der Waals surface area contributed by atoms with Crippen LogP contribution in [0.15, 0.2) is 24.3 Å². The molecule has 0 amide bonds. The van der Waals surface area contributed by atoms with Crippen molar-refractivity contribution in [3.05, 3.63) is 35.6 Å². The number of carbonyl (C=O) groups excluding carboxylic acids is 1. The van der Waals surface area contributed by atoms with E-state index in [0.717, 1.165) is 0 Å². The minimum atomic E-state index is -0.634. The monoisotopic (exact) mass is 162 g/mol. The maximum Gasteiger partial charge on any atom is 0.128 e. The van der Waals surface area contributed by atoms with Gasteiger partial charge in [0, 0.05) is 5.82 Å². The minimum absolute atomic E-state index is 0.124. The van der Waals surface area contributed by atoms with Crippen molar-refractivity contribution in [2.45, 2.75) is 12.7 Å². The van der Waals surface area contributed by atoms with Crippen molar-refractivity contribution >= 4 is 13.6 Å². The summed E-state index contributed by atoms with van der Waals surface area (Å²) in [5, 5.41) is 0. The lowest BCUT2D eigenvalue weighted by atomic mass is 9.78. The largest absolute Gasteiger partial charge is 0.300 e. The summed E-state index contributed by atoms with van der Waals surface area (Å²) in [5.74, 6) is -1.08. The lowest BCUT2D eigenvalue weighted by Gasteiger charge is -2.06. The van der Waals surface area contributed by atoms with Gasteiger partial charge in [0.25, 0.3) is 0 Å². The highest BCUT2D eigenvalue weighted by molar-refractivity contribution is 6.24. The topological polar surface area (TPSA) is 17.1 Å². The van der Waals surface area contributed by atoms with Gasteiger partial charge in [-0.15, -0.1) is 0 Å². The summed E-state index contributed by atoms with van der Waals surface area (Å²) in [5.41, 5.74) is 0.643. The number of halogens is 1. The van der Waals surface area contributed by atoms with E-state index in [2.05, 4.69) is 0 Å². The fraction of sp³-hybridized carbons (Fsp3) is 0.222.